The number of aryl methyl sites for hydroxylation is 1. The van der Waals surface area contributed by atoms with Gasteiger partial charge in [0.1, 0.15) is 22.3 Å². The highest BCUT2D eigenvalue weighted by Crippen LogP contribution is 2.48. The third-order valence-electron chi connectivity index (χ3n) is 17.1. The van der Waals surface area contributed by atoms with Gasteiger partial charge in [-0.1, -0.05) is 160 Å². The number of nitrogens with zero attached hydrogens (tertiary/aromatic N) is 2. The van der Waals surface area contributed by atoms with Gasteiger partial charge in [0.25, 0.3) is 6.71 Å². The second-order valence-corrected chi connectivity index (χ2v) is 21.3. The Morgan fingerprint density at radius 2 is 0.833 bits per heavy atom. The van der Waals surface area contributed by atoms with E-state index in [1.165, 1.54) is 120 Å². The van der Waals surface area contributed by atoms with E-state index < -0.39 is 0 Å². The molecule has 348 valence electrons. The fourth-order valence-corrected chi connectivity index (χ4v) is 13.6. The molecule has 15 rings (SSSR count). The molecular weight excluding hydrogens is 876 g/mol. The molecule has 72 heavy (non-hydrogen) atoms. The first-order valence-electron chi connectivity index (χ1n) is 26.7. The first-order chi connectivity index (χ1) is 35.6. The van der Waals surface area contributed by atoms with Crippen LogP contribution in [0, 0.1) is 6.92 Å². The predicted octanol–water partition coefficient (Wildman–Crippen LogP) is 17.3. The fraction of sp³-hybridized carbons (Fsp3) is 0.194. The van der Waals surface area contributed by atoms with Gasteiger partial charge < -0.3 is 18.6 Å². The van der Waals surface area contributed by atoms with Crippen LogP contribution in [0.1, 0.15) is 92.7 Å². The van der Waals surface area contributed by atoms with Gasteiger partial charge in [0.15, 0.2) is 0 Å². The van der Waals surface area contributed by atoms with Gasteiger partial charge in [0.2, 0.25) is 0 Å². The maximum absolute atomic E-state index is 6.56. The summed E-state index contributed by atoms with van der Waals surface area (Å²) >= 11 is 0. The van der Waals surface area contributed by atoms with Crippen LogP contribution in [-0.4, -0.2) is 6.71 Å². The molecule has 2 aliphatic heterocycles. The molecule has 5 heteroatoms. The normalized spacial score (nSPS) is 15.9. The summed E-state index contributed by atoms with van der Waals surface area (Å²) in [6, 6.07) is 68.5. The summed E-state index contributed by atoms with van der Waals surface area (Å²) in [4.78, 5) is 5.21. The Hall–Kier alpha value is -7.76. The maximum atomic E-state index is 6.56. The molecular formula is C67H55BN2O2. The van der Waals surface area contributed by atoms with Crippen molar-refractivity contribution >= 4 is 101 Å². The molecule has 4 heterocycles. The molecule has 0 saturated heterocycles. The minimum Gasteiger partial charge on any atom is -0.455 e. The van der Waals surface area contributed by atoms with E-state index in [1.54, 1.807) is 0 Å². The summed E-state index contributed by atoms with van der Waals surface area (Å²) in [5.74, 6) is 1.17. The van der Waals surface area contributed by atoms with Crippen LogP contribution in [-0.2, 0) is 0 Å². The number of fused-ring (bicyclic) bond motifs is 10. The Balaban J connectivity index is 0.913. The second kappa shape index (κ2) is 16.7. The van der Waals surface area contributed by atoms with Crippen molar-refractivity contribution in [3.05, 3.63) is 199 Å². The van der Waals surface area contributed by atoms with Crippen LogP contribution in [0.2, 0.25) is 0 Å². The molecule has 11 aromatic rings. The van der Waals surface area contributed by atoms with Crippen molar-refractivity contribution in [2.45, 2.75) is 83.0 Å². The highest BCUT2D eigenvalue weighted by atomic mass is 16.3. The molecule has 0 amide bonds. The van der Waals surface area contributed by atoms with Crippen LogP contribution in [0.25, 0.3) is 66.1 Å². The first-order valence-corrected chi connectivity index (χ1v) is 26.7. The van der Waals surface area contributed by atoms with E-state index >= 15 is 0 Å². The summed E-state index contributed by atoms with van der Waals surface area (Å²) in [5.41, 5.74) is 24.0. The zero-order chi connectivity index (χ0) is 47.4. The smallest absolute Gasteiger partial charge is 0.252 e. The van der Waals surface area contributed by atoms with E-state index in [1.807, 2.05) is 0 Å². The monoisotopic (exact) mass is 930 g/mol. The van der Waals surface area contributed by atoms with Gasteiger partial charge in [-0.3, -0.25) is 0 Å². The molecule has 4 aliphatic rings. The standard InChI is InChI=1S/C67H55BN2O2/c1-42-38-61-65-62(39-42)70(50-34-28-46(29-35-50)52-21-13-23-56-54-19-9-11-25-64(54)72-67(52)56)60-41-48(44-16-6-3-7-17-44)31-37-58(60)68(65)57-36-30-47(43-14-4-2-5-15-43)40-59(57)69(61)49-32-26-45(27-33-49)51-20-12-22-55-53-18-8-10-24-63(53)71-66(51)55/h8-13,18-41,43-44H,2-7,14-17H2,1H3. The SMILES string of the molecule is Cc1cc2c3c(c1)N(c1ccc(-c4cccc5c4oc4ccccc45)cc1)c1cc(C4CCCCC4)ccc1B3c1ccc(C3CCCCC3)cc1N2c1ccc(-c2cccc3c2oc2ccccc23)cc1. The number of furan rings is 2. The van der Waals surface area contributed by atoms with Gasteiger partial charge in [0.05, 0.1) is 0 Å². The van der Waals surface area contributed by atoms with Crippen LogP contribution in [0.4, 0.5) is 34.1 Å². The lowest BCUT2D eigenvalue weighted by atomic mass is 9.33. The number of hydrogen-bond acceptors (Lipinski definition) is 4. The number of hydrogen-bond donors (Lipinski definition) is 0. The Morgan fingerprint density at radius 1 is 0.403 bits per heavy atom. The Morgan fingerprint density at radius 3 is 1.29 bits per heavy atom. The fourth-order valence-electron chi connectivity index (χ4n) is 13.6. The highest BCUT2D eigenvalue weighted by Gasteiger charge is 2.44. The minimum absolute atomic E-state index is 0.0730. The van der Waals surface area contributed by atoms with Crippen molar-refractivity contribution in [2.75, 3.05) is 9.80 Å². The van der Waals surface area contributed by atoms with Crippen molar-refractivity contribution in [1.82, 2.24) is 0 Å². The molecule has 2 aliphatic carbocycles. The minimum atomic E-state index is 0.0730. The highest BCUT2D eigenvalue weighted by molar-refractivity contribution is 7.00. The topological polar surface area (TPSA) is 32.8 Å². The largest absolute Gasteiger partial charge is 0.455 e. The van der Waals surface area contributed by atoms with E-state index in [2.05, 4.69) is 199 Å². The molecule has 0 radical (unpaired) electrons. The summed E-state index contributed by atoms with van der Waals surface area (Å²) in [5, 5.41) is 4.61. The lowest BCUT2D eigenvalue weighted by molar-refractivity contribution is 0.444. The second-order valence-electron chi connectivity index (χ2n) is 21.3. The average molecular weight is 931 g/mol. The lowest BCUT2D eigenvalue weighted by Crippen LogP contribution is -2.61. The molecule has 2 fully saturated rings. The molecule has 2 aromatic heterocycles. The van der Waals surface area contributed by atoms with Crippen molar-refractivity contribution in [2.24, 2.45) is 0 Å². The van der Waals surface area contributed by atoms with E-state index in [4.69, 9.17) is 8.83 Å². The molecule has 0 bridgehead atoms. The third-order valence-corrected chi connectivity index (χ3v) is 17.1. The number of benzene rings is 9. The molecule has 0 N–H and O–H groups in total. The summed E-state index contributed by atoms with van der Waals surface area (Å²) < 4.78 is 13.1. The van der Waals surface area contributed by atoms with E-state index in [-0.39, 0.29) is 6.71 Å². The van der Waals surface area contributed by atoms with E-state index in [0.717, 1.165) is 77.5 Å². The molecule has 9 aromatic carbocycles. The third kappa shape index (κ3) is 6.59. The van der Waals surface area contributed by atoms with Crippen LogP contribution in [0.3, 0.4) is 0 Å². The zero-order valence-electron chi connectivity index (χ0n) is 40.8. The molecule has 0 spiro atoms. The number of para-hydroxylation sites is 4. The quantitative estimate of drug-likeness (QED) is 0.156. The van der Waals surface area contributed by atoms with Crippen LogP contribution >= 0.6 is 0 Å². The number of rotatable bonds is 6. The van der Waals surface area contributed by atoms with Crippen LogP contribution in [0.15, 0.2) is 191 Å². The molecule has 0 atom stereocenters. The van der Waals surface area contributed by atoms with Gasteiger partial charge in [-0.15, -0.1) is 0 Å². The van der Waals surface area contributed by atoms with E-state index in [9.17, 15) is 0 Å². The van der Waals surface area contributed by atoms with Crippen LogP contribution < -0.4 is 26.2 Å². The first kappa shape index (κ1) is 42.0. The zero-order valence-corrected chi connectivity index (χ0v) is 40.8. The summed E-state index contributed by atoms with van der Waals surface area (Å²) in [6.07, 6.45) is 13.0. The van der Waals surface area contributed by atoms with Crippen molar-refractivity contribution in [1.29, 1.82) is 0 Å². The van der Waals surface area contributed by atoms with E-state index in [0.29, 0.717) is 11.8 Å². The molecule has 0 unspecified atom stereocenters. The Kier molecular flexibility index (Phi) is 9.72. The average Bonchev–Trinajstić information content (AvgIpc) is 4.03. The summed E-state index contributed by atoms with van der Waals surface area (Å²) in [6.45, 7) is 2.36. The van der Waals surface area contributed by atoms with Gasteiger partial charge in [0, 0.05) is 66.8 Å². The Bertz CT molecular complexity index is 3670. The van der Waals surface area contributed by atoms with Crippen LogP contribution in [0.5, 0.6) is 0 Å². The van der Waals surface area contributed by atoms with Gasteiger partial charge in [-0.05, 0) is 149 Å². The maximum Gasteiger partial charge on any atom is 0.252 e. The van der Waals surface area contributed by atoms with Crippen molar-refractivity contribution in [3.8, 4) is 22.3 Å². The summed E-state index contributed by atoms with van der Waals surface area (Å²) in [7, 11) is 0. The van der Waals surface area contributed by atoms with Gasteiger partial charge in [-0.2, -0.15) is 0 Å². The number of anilines is 6. The van der Waals surface area contributed by atoms with Gasteiger partial charge in [-0.25, -0.2) is 0 Å². The van der Waals surface area contributed by atoms with Crippen molar-refractivity contribution in [3.63, 3.8) is 0 Å². The predicted molar refractivity (Wildman–Crippen MR) is 302 cm³/mol. The Labute approximate surface area is 421 Å². The van der Waals surface area contributed by atoms with Crippen molar-refractivity contribution < 1.29 is 8.83 Å². The lowest BCUT2D eigenvalue weighted by Gasteiger charge is -2.45. The molecule has 2 saturated carbocycles. The molecule has 4 nitrogen and oxygen atoms in total. The van der Waals surface area contributed by atoms with Gasteiger partial charge >= 0.3 is 0 Å².